The Morgan fingerprint density at radius 1 is 1.41 bits per heavy atom. The molecule has 4 heteroatoms. The summed E-state index contributed by atoms with van der Waals surface area (Å²) >= 11 is 3.39. The lowest BCUT2D eigenvalue weighted by Crippen LogP contribution is -2.28. The quantitative estimate of drug-likeness (QED) is 0.845. The van der Waals surface area contributed by atoms with Gasteiger partial charge in [0.1, 0.15) is 0 Å². The van der Waals surface area contributed by atoms with E-state index in [1.807, 2.05) is 19.1 Å². The number of hydrogen-bond acceptors (Lipinski definition) is 2. The van der Waals surface area contributed by atoms with Crippen LogP contribution in [-0.4, -0.2) is 19.0 Å². The van der Waals surface area contributed by atoms with E-state index in [1.165, 1.54) is 5.56 Å². The van der Waals surface area contributed by atoms with Crippen molar-refractivity contribution in [3.05, 3.63) is 34.3 Å². The van der Waals surface area contributed by atoms with Gasteiger partial charge in [0.25, 0.3) is 0 Å². The predicted molar refractivity (Wildman–Crippen MR) is 73.7 cm³/mol. The van der Waals surface area contributed by atoms with Gasteiger partial charge in [-0.25, -0.2) is 0 Å². The minimum Gasteiger partial charge on any atom is -0.356 e. The van der Waals surface area contributed by atoms with Gasteiger partial charge in [0, 0.05) is 17.4 Å². The molecule has 0 aliphatic carbocycles. The number of rotatable bonds is 6. The summed E-state index contributed by atoms with van der Waals surface area (Å²) in [5.74, 6) is 0.336. The first-order chi connectivity index (χ1) is 8.11. The molecule has 1 amide bonds. The zero-order valence-corrected chi connectivity index (χ0v) is 11.7. The van der Waals surface area contributed by atoms with E-state index >= 15 is 0 Å². The van der Waals surface area contributed by atoms with Gasteiger partial charge in [-0.05, 0) is 36.6 Å². The van der Waals surface area contributed by atoms with Crippen molar-refractivity contribution in [1.29, 1.82) is 0 Å². The first kappa shape index (κ1) is 14.2. The van der Waals surface area contributed by atoms with Crippen LogP contribution < -0.4 is 11.1 Å². The van der Waals surface area contributed by atoms with Crippen molar-refractivity contribution in [2.24, 2.45) is 11.7 Å². The fraction of sp³-hybridized carbons (Fsp3) is 0.462. The van der Waals surface area contributed by atoms with Crippen LogP contribution in [0.25, 0.3) is 0 Å². The lowest BCUT2D eigenvalue weighted by molar-refractivity contribution is -0.121. The van der Waals surface area contributed by atoms with Crippen LogP contribution in [0.2, 0.25) is 0 Å². The number of nitrogens with two attached hydrogens (primary N) is 1. The molecule has 1 aromatic rings. The van der Waals surface area contributed by atoms with Gasteiger partial charge in [0.15, 0.2) is 0 Å². The van der Waals surface area contributed by atoms with Crippen LogP contribution in [0.15, 0.2) is 28.7 Å². The second-order valence-electron chi connectivity index (χ2n) is 4.27. The molecule has 0 spiro atoms. The second kappa shape index (κ2) is 7.45. The van der Waals surface area contributed by atoms with Crippen molar-refractivity contribution in [3.8, 4) is 0 Å². The summed E-state index contributed by atoms with van der Waals surface area (Å²) in [5.41, 5.74) is 6.69. The van der Waals surface area contributed by atoms with E-state index in [1.54, 1.807) is 0 Å². The van der Waals surface area contributed by atoms with Crippen molar-refractivity contribution >= 4 is 21.8 Å². The molecule has 0 saturated heterocycles. The minimum absolute atomic E-state index is 0.0834. The molecule has 0 aliphatic rings. The maximum atomic E-state index is 11.5. The summed E-state index contributed by atoms with van der Waals surface area (Å²) < 4.78 is 1.07. The number of carbonyl (C=O) groups is 1. The SMILES string of the molecule is CC(CN)CC(=O)NCCc1ccc(Br)cc1. The highest BCUT2D eigenvalue weighted by Gasteiger charge is 2.06. The molecule has 0 bridgehead atoms. The third kappa shape index (κ3) is 5.84. The van der Waals surface area contributed by atoms with E-state index < -0.39 is 0 Å². The molecule has 3 nitrogen and oxygen atoms in total. The molecule has 0 aromatic heterocycles. The van der Waals surface area contributed by atoms with Gasteiger partial charge in [0.2, 0.25) is 5.91 Å². The van der Waals surface area contributed by atoms with Crippen LogP contribution in [0.1, 0.15) is 18.9 Å². The van der Waals surface area contributed by atoms with E-state index in [-0.39, 0.29) is 11.8 Å². The van der Waals surface area contributed by atoms with E-state index in [4.69, 9.17) is 5.73 Å². The summed E-state index contributed by atoms with van der Waals surface area (Å²) in [6, 6.07) is 8.12. The molecule has 0 radical (unpaired) electrons. The van der Waals surface area contributed by atoms with Gasteiger partial charge in [-0.1, -0.05) is 35.0 Å². The van der Waals surface area contributed by atoms with Crippen LogP contribution in [0.4, 0.5) is 0 Å². The molecule has 17 heavy (non-hydrogen) atoms. The zero-order valence-electron chi connectivity index (χ0n) is 10.1. The Morgan fingerprint density at radius 2 is 2.06 bits per heavy atom. The highest BCUT2D eigenvalue weighted by Crippen LogP contribution is 2.10. The highest BCUT2D eigenvalue weighted by atomic mass is 79.9. The van der Waals surface area contributed by atoms with Crippen molar-refractivity contribution < 1.29 is 4.79 Å². The molecule has 0 aliphatic heterocycles. The van der Waals surface area contributed by atoms with E-state index in [9.17, 15) is 4.79 Å². The van der Waals surface area contributed by atoms with Crippen LogP contribution in [0, 0.1) is 5.92 Å². The summed E-state index contributed by atoms with van der Waals surface area (Å²) in [6.07, 6.45) is 1.37. The Labute approximate surface area is 111 Å². The van der Waals surface area contributed by atoms with E-state index in [2.05, 4.69) is 33.4 Å². The van der Waals surface area contributed by atoms with Crippen molar-refractivity contribution in [2.75, 3.05) is 13.1 Å². The molecule has 94 valence electrons. The monoisotopic (exact) mass is 298 g/mol. The van der Waals surface area contributed by atoms with Crippen molar-refractivity contribution in [3.63, 3.8) is 0 Å². The number of halogens is 1. The zero-order chi connectivity index (χ0) is 12.7. The van der Waals surface area contributed by atoms with Crippen LogP contribution >= 0.6 is 15.9 Å². The van der Waals surface area contributed by atoms with Crippen molar-refractivity contribution in [1.82, 2.24) is 5.32 Å². The maximum Gasteiger partial charge on any atom is 0.220 e. The van der Waals surface area contributed by atoms with E-state index in [0.29, 0.717) is 19.5 Å². The van der Waals surface area contributed by atoms with Crippen molar-refractivity contribution in [2.45, 2.75) is 19.8 Å². The minimum atomic E-state index is 0.0834. The maximum absolute atomic E-state index is 11.5. The molecule has 1 aromatic carbocycles. The lowest BCUT2D eigenvalue weighted by atomic mass is 10.1. The number of carbonyl (C=O) groups excluding carboxylic acids is 1. The number of amides is 1. The molecular weight excluding hydrogens is 280 g/mol. The fourth-order valence-electron chi connectivity index (χ4n) is 1.47. The molecule has 1 rings (SSSR count). The molecule has 3 N–H and O–H groups in total. The smallest absolute Gasteiger partial charge is 0.220 e. The Hall–Kier alpha value is -0.870. The highest BCUT2D eigenvalue weighted by molar-refractivity contribution is 9.10. The molecule has 0 fully saturated rings. The average Bonchev–Trinajstić information content (AvgIpc) is 2.31. The first-order valence-corrected chi connectivity index (χ1v) is 6.62. The number of benzene rings is 1. The standard InChI is InChI=1S/C13H19BrN2O/c1-10(9-15)8-13(17)16-7-6-11-2-4-12(14)5-3-11/h2-5,10H,6-9,15H2,1H3,(H,16,17). The molecule has 1 atom stereocenters. The molecule has 1 unspecified atom stereocenters. The second-order valence-corrected chi connectivity index (χ2v) is 5.19. The third-order valence-electron chi connectivity index (χ3n) is 2.59. The Balaban J connectivity index is 2.23. The van der Waals surface area contributed by atoms with Gasteiger partial charge in [0.05, 0.1) is 0 Å². The summed E-state index contributed by atoms with van der Waals surface area (Å²) in [4.78, 5) is 11.5. The predicted octanol–water partition coefficient (Wildman–Crippen LogP) is 2.09. The van der Waals surface area contributed by atoms with Crippen LogP contribution in [-0.2, 0) is 11.2 Å². The summed E-state index contributed by atoms with van der Waals surface area (Å²) in [5, 5.41) is 2.90. The fourth-order valence-corrected chi connectivity index (χ4v) is 1.73. The van der Waals surface area contributed by atoms with Gasteiger partial charge in [-0.3, -0.25) is 4.79 Å². The van der Waals surface area contributed by atoms with Gasteiger partial charge >= 0.3 is 0 Å². The van der Waals surface area contributed by atoms with Crippen LogP contribution in [0.5, 0.6) is 0 Å². The summed E-state index contributed by atoms with van der Waals surface area (Å²) in [7, 11) is 0. The molecule has 0 heterocycles. The Morgan fingerprint density at radius 3 is 2.65 bits per heavy atom. The molecular formula is C13H19BrN2O. The van der Waals surface area contributed by atoms with Crippen LogP contribution in [0.3, 0.4) is 0 Å². The Bertz CT molecular complexity index is 351. The third-order valence-corrected chi connectivity index (χ3v) is 3.11. The van der Waals surface area contributed by atoms with E-state index in [0.717, 1.165) is 10.9 Å². The normalized spacial score (nSPS) is 12.2. The Kier molecular flexibility index (Phi) is 6.22. The number of nitrogens with one attached hydrogen (secondary N) is 1. The number of hydrogen-bond donors (Lipinski definition) is 2. The largest absolute Gasteiger partial charge is 0.356 e. The first-order valence-electron chi connectivity index (χ1n) is 5.83. The van der Waals surface area contributed by atoms with Gasteiger partial charge in [-0.2, -0.15) is 0 Å². The van der Waals surface area contributed by atoms with Gasteiger partial charge < -0.3 is 11.1 Å². The topological polar surface area (TPSA) is 55.1 Å². The summed E-state index contributed by atoms with van der Waals surface area (Å²) in [6.45, 7) is 3.21. The lowest BCUT2D eigenvalue weighted by Gasteiger charge is -2.09. The molecule has 0 saturated carbocycles. The van der Waals surface area contributed by atoms with Gasteiger partial charge in [-0.15, -0.1) is 0 Å². The average molecular weight is 299 g/mol.